The Balaban J connectivity index is 1.99. The lowest BCUT2D eigenvalue weighted by Gasteiger charge is -2.33. The van der Waals surface area contributed by atoms with Gasteiger partial charge in [0.1, 0.15) is 5.82 Å². The van der Waals surface area contributed by atoms with Crippen molar-refractivity contribution in [3.05, 3.63) is 5.82 Å². The van der Waals surface area contributed by atoms with Gasteiger partial charge in [0.15, 0.2) is 5.16 Å². The topological polar surface area (TPSA) is 54.3 Å². The van der Waals surface area contributed by atoms with Gasteiger partial charge in [-0.15, -0.1) is 10.2 Å². The highest BCUT2D eigenvalue weighted by Crippen LogP contribution is 2.27. The zero-order valence-corrected chi connectivity index (χ0v) is 15.6. The van der Waals surface area contributed by atoms with Crippen molar-refractivity contribution in [3.8, 4) is 0 Å². The Morgan fingerprint density at radius 2 is 2.04 bits per heavy atom. The van der Waals surface area contributed by atoms with Crippen molar-refractivity contribution in [2.75, 3.05) is 38.5 Å². The lowest BCUT2D eigenvalue weighted by Crippen LogP contribution is -2.44. The van der Waals surface area contributed by atoms with E-state index in [1.165, 1.54) is 0 Å². The molecule has 1 fully saturated rings. The number of carbonyl (C=O) groups excluding carboxylic acids is 1. The summed E-state index contributed by atoms with van der Waals surface area (Å²) in [5.41, 5.74) is 0. The van der Waals surface area contributed by atoms with Crippen molar-refractivity contribution in [2.45, 2.75) is 44.7 Å². The van der Waals surface area contributed by atoms with E-state index in [1.54, 1.807) is 11.8 Å². The third kappa shape index (κ3) is 4.47. The average molecular weight is 340 g/mol. The molecule has 1 atom stereocenters. The maximum Gasteiger partial charge on any atom is 0.236 e. The number of hydrogen-bond donors (Lipinski definition) is 0. The van der Waals surface area contributed by atoms with Gasteiger partial charge < -0.3 is 9.47 Å². The lowest BCUT2D eigenvalue weighted by molar-refractivity contribution is -0.132. The average Bonchev–Trinajstić information content (AvgIpc) is 2.90. The molecular weight excluding hydrogens is 310 g/mol. The van der Waals surface area contributed by atoms with E-state index in [9.17, 15) is 4.79 Å². The van der Waals surface area contributed by atoms with Gasteiger partial charge in [0.25, 0.3) is 0 Å². The van der Waals surface area contributed by atoms with Gasteiger partial charge in [-0.05, 0) is 39.0 Å². The number of thioether (sulfide) groups is 1. The number of amides is 1. The fourth-order valence-electron chi connectivity index (χ4n) is 3.21. The van der Waals surface area contributed by atoms with Gasteiger partial charge in [0, 0.05) is 32.6 Å². The molecule has 0 unspecified atom stereocenters. The predicted molar refractivity (Wildman–Crippen MR) is 93.7 cm³/mol. The molecule has 0 N–H and O–H groups in total. The molecule has 0 saturated carbocycles. The van der Waals surface area contributed by atoms with E-state index in [2.05, 4.69) is 26.6 Å². The number of rotatable bonds is 7. The van der Waals surface area contributed by atoms with Gasteiger partial charge >= 0.3 is 0 Å². The van der Waals surface area contributed by atoms with Crippen LogP contribution in [0.2, 0.25) is 0 Å². The maximum absolute atomic E-state index is 12.3. The highest BCUT2D eigenvalue weighted by atomic mass is 32.2. The van der Waals surface area contributed by atoms with Crippen LogP contribution in [0.3, 0.4) is 0 Å². The van der Waals surface area contributed by atoms with Crippen LogP contribution in [-0.4, -0.2) is 68.9 Å². The summed E-state index contributed by atoms with van der Waals surface area (Å²) in [6.07, 6.45) is 2.23. The summed E-state index contributed by atoms with van der Waals surface area (Å²) in [5, 5.41) is 9.70. The molecule has 7 heteroatoms. The Bertz CT molecular complexity index is 515. The van der Waals surface area contributed by atoms with E-state index >= 15 is 0 Å². The van der Waals surface area contributed by atoms with Crippen LogP contribution in [0.25, 0.3) is 0 Å². The van der Waals surface area contributed by atoms with E-state index in [0.29, 0.717) is 12.5 Å². The first-order valence-corrected chi connectivity index (χ1v) is 9.61. The molecule has 0 aromatic carbocycles. The van der Waals surface area contributed by atoms with Crippen molar-refractivity contribution in [1.29, 1.82) is 0 Å². The summed E-state index contributed by atoms with van der Waals surface area (Å²) in [6, 6.07) is 0. The molecule has 130 valence electrons. The monoisotopic (exact) mass is 339 g/mol. The number of hydrogen-bond acceptors (Lipinski definition) is 5. The zero-order chi connectivity index (χ0) is 16.8. The van der Waals surface area contributed by atoms with Gasteiger partial charge in [-0.3, -0.25) is 9.69 Å². The van der Waals surface area contributed by atoms with Crippen molar-refractivity contribution >= 4 is 17.7 Å². The van der Waals surface area contributed by atoms with Crippen molar-refractivity contribution in [3.63, 3.8) is 0 Å². The molecule has 0 spiro atoms. The second kappa shape index (κ2) is 8.68. The van der Waals surface area contributed by atoms with Crippen LogP contribution in [0, 0.1) is 0 Å². The van der Waals surface area contributed by atoms with Gasteiger partial charge in [0.05, 0.1) is 6.54 Å². The highest BCUT2D eigenvalue weighted by molar-refractivity contribution is 7.99. The quantitative estimate of drug-likeness (QED) is 0.711. The van der Waals surface area contributed by atoms with E-state index in [-0.39, 0.29) is 5.91 Å². The van der Waals surface area contributed by atoms with Crippen LogP contribution in [0.15, 0.2) is 5.16 Å². The normalized spacial score (nSPS) is 19.0. The molecule has 0 radical (unpaired) electrons. The number of piperidine rings is 1. The Kier molecular flexibility index (Phi) is 6.89. The smallest absolute Gasteiger partial charge is 0.236 e. The molecule has 2 heterocycles. The van der Waals surface area contributed by atoms with E-state index in [4.69, 9.17) is 0 Å². The largest absolute Gasteiger partial charge is 0.342 e. The molecule has 1 aliphatic heterocycles. The van der Waals surface area contributed by atoms with Gasteiger partial charge in [-0.2, -0.15) is 0 Å². The molecule has 0 aliphatic carbocycles. The predicted octanol–water partition coefficient (Wildman–Crippen LogP) is 1.97. The molecule has 1 amide bonds. The van der Waals surface area contributed by atoms with Gasteiger partial charge in [-0.25, -0.2) is 0 Å². The van der Waals surface area contributed by atoms with Crippen molar-refractivity contribution < 1.29 is 4.79 Å². The fraction of sp³-hybridized carbons (Fsp3) is 0.812. The minimum absolute atomic E-state index is 0.232. The summed E-state index contributed by atoms with van der Waals surface area (Å²) in [7, 11) is 2.05. The van der Waals surface area contributed by atoms with Crippen molar-refractivity contribution in [1.82, 2.24) is 24.6 Å². The molecule has 2 rings (SSSR count). The maximum atomic E-state index is 12.3. The Labute approximate surface area is 143 Å². The lowest BCUT2D eigenvalue weighted by atomic mass is 9.97. The number of nitrogens with zero attached hydrogens (tertiary/aromatic N) is 5. The number of likely N-dealkylation sites (N-methyl/N-ethyl adjacent to an activating group) is 1. The molecule has 23 heavy (non-hydrogen) atoms. The summed E-state index contributed by atoms with van der Waals surface area (Å²) in [4.78, 5) is 16.5. The third-order valence-corrected chi connectivity index (χ3v) is 5.39. The fourth-order valence-corrected chi connectivity index (χ4v) is 3.86. The molecule has 1 aromatic heterocycles. The Morgan fingerprint density at radius 3 is 2.70 bits per heavy atom. The number of likely N-dealkylation sites (tertiary alicyclic amines) is 1. The van der Waals surface area contributed by atoms with Crippen LogP contribution < -0.4 is 0 Å². The molecular formula is C16H29N5OS. The second-order valence-corrected chi connectivity index (χ2v) is 7.20. The zero-order valence-electron chi connectivity index (χ0n) is 14.8. The van der Waals surface area contributed by atoms with Crippen LogP contribution in [0.1, 0.15) is 45.4 Å². The molecule has 1 aromatic rings. The first-order valence-electron chi connectivity index (χ1n) is 8.62. The van der Waals surface area contributed by atoms with Crippen LogP contribution >= 0.6 is 11.8 Å². The van der Waals surface area contributed by atoms with Crippen LogP contribution in [0.5, 0.6) is 0 Å². The number of aromatic nitrogens is 3. The second-order valence-electron chi connectivity index (χ2n) is 5.97. The summed E-state index contributed by atoms with van der Waals surface area (Å²) in [5.74, 6) is 2.66. The molecule has 1 saturated heterocycles. The first kappa shape index (κ1) is 18.3. The summed E-state index contributed by atoms with van der Waals surface area (Å²) < 4.78 is 2.12. The van der Waals surface area contributed by atoms with Crippen LogP contribution in [-0.2, 0) is 11.8 Å². The summed E-state index contributed by atoms with van der Waals surface area (Å²) in [6.45, 7) is 10.2. The van der Waals surface area contributed by atoms with Crippen molar-refractivity contribution in [2.24, 2.45) is 7.05 Å². The van der Waals surface area contributed by atoms with E-state index in [0.717, 1.165) is 55.8 Å². The Hall–Kier alpha value is -1.08. The highest BCUT2D eigenvalue weighted by Gasteiger charge is 2.27. The van der Waals surface area contributed by atoms with E-state index in [1.807, 2.05) is 25.8 Å². The van der Waals surface area contributed by atoms with Crippen LogP contribution in [0.4, 0.5) is 0 Å². The number of carbonyl (C=O) groups is 1. The SMILES string of the molecule is CCSc1nnc([C@H]2CCCN(CC(=O)N(CC)CC)C2)n1C. The minimum atomic E-state index is 0.232. The molecule has 1 aliphatic rings. The first-order chi connectivity index (χ1) is 11.1. The van der Waals surface area contributed by atoms with Gasteiger partial charge in [-0.1, -0.05) is 18.7 Å². The van der Waals surface area contributed by atoms with Gasteiger partial charge in [0.2, 0.25) is 5.91 Å². The third-order valence-electron chi connectivity index (χ3n) is 4.49. The van der Waals surface area contributed by atoms with E-state index < -0.39 is 0 Å². The minimum Gasteiger partial charge on any atom is -0.342 e. The molecule has 6 nitrogen and oxygen atoms in total. The molecule has 0 bridgehead atoms. The standard InChI is InChI=1S/C16H29N5OS/c1-5-21(6-2)14(22)12-20-10-8-9-13(11-20)15-17-18-16(19(15)4)23-7-3/h13H,5-12H2,1-4H3/t13-/m0/s1. The Morgan fingerprint density at radius 1 is 1.30 bits per heavy atom. The summed E-state index contributed by atoms with van der Waals surface area (Å²) >= 11 is 1.72.